The molecular formula is C14H17NO3S2. The number of carbonyl (C=O) groups is 2. The molecule has 1 aliphatic rings. The highest BCUT2D eigenvalue weighted by molar-refractivity contribution is 8.00. The van der Waals surface area contributed by atoms with Gasteiger partial charge in [0.05, 0.1) is 4.88 Å². The molecule has 2 rings (SSSR count). The van der Waals surface area contributed by atoms with E-state index in [0.717, 1.165) is 24.9 Å². The lowest BCUT2D eigenvalue weighted by Crippen LogP contribution is -2.46. The highest BCUT2D eigenvalue weighted by Crippen LogP contribution is 2.31. The van der Waals surface area contributed by atoms with Gasteiger partial charge in [-0.05, 0) is 36.9 Å². The van der Waals surface area contributed by atoms with E-state index in [9.17, 15) is 9.59 Å². The largest absolute Gasteiger partial charge is 0.478 e. The molecule has 1 aromatic heterocycles. The van der Waals surface area contributed by atoms with Crippen LogP contribution in [0.2, 0.25) is 0 Å². The van der Waals surface area contributed by atoms with Gasteiger partial charge in [-0.3, -0.25) is 4.79 Å². The molecule has 0 bridgehead atoms. The van der Waals surface area contributed by atoms with Crippen LogP contribution in [-0.4, -0.2) is 45.5 Å². The van der Waals surface area contributed by atoms with Crippen LogP contribution in [0.15, 0.2) is 17.5 Å². The lowest BCUT2D eigenvalue weighted by atomic mass is 10.1. The van der Waals surface area contributed by atoms with Crippen molar-refractivity contribution in [1.82, 2.24) is 4.90 Å². The van der Waals surface area contributed by atoms with Gasteiger partial charge < -0.3 is 10.0 Å². The number of amides is 1. The van der Waals surface area contributed by atoms with Crippen molar-refractivity contribution in [1.29, 1.82) is 0 Å². The maximum atomic E-state index is 12.6. The van der Waals surface area contributed by atoms with E-state index in [-0.39, 0.29) is 10.7 Å². The molecule has 6 heteroatoms. The molecule has 1 aliphatic heterocycles. The van der Waals surface area contributed by atoms with Crippen molar-refractivity contribution in [2.45, 2.75) is 18.6 Å². The first-order valence-electron chi connectivity index (χ1n) is 6.31. The monoisotopic (exact) mass is 311 g/mol. The number of nitrogens with zero attached hydrogens (tertiary/aromatic N) is 1. The zero-order valence-electron chi connectivity index (χ0n) is 11.5. The fraction of sp³-hybridized carbons (Fsp3) is 0.429. The van der Waals surface area contributed by atoms with E-state index in [4.69, 9.17) is 5.11 Å². The standard InChI is InChI=1S/C14H17NO3S2/c1-14(2)9-15(6-8-20-14)13(18)12-10(5-7-19-12)3-4-11(16)17/h3-5,7H,6,8-9H2,1-2H3,(H,16,17)/b4-3+. The van der Waals surface area contributed by atoms with Crippen LogP contribution in [0.3, 0.4) is 0 Å². The van der Waals surface area contributed by atoms with Crippen molar-refractivity contribution in [3.63, 3.8) is 0 Å². The van der Waals surface area contributed by atoms with E-state index in [1.165, 1.54) is 17.4 Å². The van der Waals surface area contributed by atoms with Crippen molar-refractivity contribution in [2.75, 3.05) is 18.8 Å². The van der Waals surface area contributed by atoms with Gasteiger partial charge in [0.1, 0.15) is 0 Å². The predicted molar refractivity (Wildman–Crippen MR) is 83.4 cm³/mol. The van der Waals surface area contributed by atoms with Gasteiger partial charge in [-0.25, -0.2) is 4.79 Å². The highest BCUT2D eigenvalue weighted by atomic mass is 32.2. The van der Waals surface area contributed by atoms with Gasteiger partial charge >= 0.3 is 5.97 Å². The smallest absolute Gasteiger partial charge is 0.328 e. The summed E-state index contributed by atoms with van der Waals surface area (Å²) in [5, 5.41) is 10.5. The first-order valence-corrected chi connectivity index (χ1v) is 8.17. The maximum absolute atomic E-state index is 12.6. The summed E-state index contributed by atoms with van der Waals surface area (Å²) in [4.78, 5) is 25.6. The number of thiophene rings is 1. The number of thioether (sulfide) groups is 1. The number of hydrogen-bond acceptors (Lipinski definition) is 4. The Morgan fingerprint density at radius 2 is 2.20 bits per heavy atom. The van der Waals surface area contributed by atoms with Crippen molar-refractivity contribution in [2.24, 2.45) is 0 Å². The van der Waals surface area contributed by atoms with Gasteiger partial charge in [0.15, 0.2) is 0 Å². The molecule has 4 nitrogen and oxygen atoms in total. The molecule has 0 spiro atoms. The van der Waals surface area contributed by atoms with Gasteiger partial charge in [-0.15, -0.1) is 11.3 Å². The summed E-state index contributed by atoms with van der Waals surface area (Å²) in [6, 6.07) is 1.78. The van der Waals surface area contributed by atoms with E-state index in [1.807, 2.05) is 22.0 Å². The average molecular weight is 311 g/mol. The molecule has 0 aliphatic carbocycles. The first kappa shape index (κ1) is 15.1. The highest BCUT2D eigenvalue weighted by Gasteiger charge is 2.31. The molecule has 20 heavy (non-hydrogen) atoms. The Labute approximate surface area is 126 Å². The molecule has 0 atom stereocenters. The summed E-state index contributed by atoms with van der Waals surface area (Å²) in [6.07, 6.45) is 2.55. The molecule has 108 valence electrons. The van der Waals surface area contributed by atoms with Crippen LogP contribution in [-0.2, 0) is 4.79 Å². The van der Waals surface area contributed by atoms with Gasteiger partial charge in [0.25, 0.3) is 5.91 Å². The molecule has 0 aromatic carbocycles. The summed E-state index contributed by atoms with van der Waals surface area (Å²) in [7, 11) is 0. The Morgan fingerprint density at radius 1 is 1.45 bits per heavy atom. The topological polar surface area (TPSA) is 57.6 Å². The molecule has 1 fully saturated rings. The molecule has 0 unspecified atom stereocenters. The van der Waals surface area contributed by atoms with Crippen molar-refractivity contribution in [3.8, 4) is 0 Å². The van der Waals surface area contributed by atoms with Crippen LogP contribution < -0.4 is 0 Å². The summed E-state index contributed by atoms with van der Waals surface area (Å²) < 4.78 is 0.0717. The van der Waals surface area contributed by atoms with Crippen LogP contribution >= 0.6 is 23.1 Å². The Bertz CT molecular complexity index is 548. The summed E-state index contributed by atoms with van der Waals surface area (Å²) in [5.41, 5.74) is 0.679. The number of carbonyl (C=O) groups excluding carboxylic acids is 1. The summed E-state index contributed by atoms with van der Waals surface area (Å²) in [5.74, 6) is -0.0757. The first-order chi connectivity index (χ1) is 9.39. The minimum absolute atomic E-state index is 0.00147. The summed E-state index contributed by atoms with van der Waals surface area (Å²) in [6.45, 7) is 5.73. The lowest BCUT2D eigenvalue weighted by molar-refractivity contribution is -0.131. The van der Waals surface area contributed by atoms with E-state index in [1.54, 1.807) is 6.07 Å². The summed E-state index contributed by atoms with van der Waals surface area (Å²) >= 11 is 3.24. The zero-order chi connectivity index (χ0) is 14.8. The van der Waals surface area contributed by atoms with Gasteiger partial charge in [0.2, 0.25) is 0 Å². The second kappa shape index (κ2) is 6.01. The third kappa shape index (κ3) is 3.64. The van der Waals surface area contributed by atoms with E-state index in [2.05, 4.69) is 13.8 Å². The molecule has 0 saturated carbocycles. The van der Waals surface area contributed by atoms with Crippen molar-refractivity contribution >= 4 is 41.1 Å². The molecule has 0 radical (unpaired) electrons. The van der Waals surface area contributed by atoms with Crippen molar-refractivity contribution < 1.29 is 14.7 Å². The molecule has 1 amide bonds. The number of carboxylic acids is 1. The zero-order valence-corrected chi connectivity index (χ0v) is 13.1. The molecule has 1 N–H and O–H groups in total. The fourth-order valence-corrected chi connectivity index (χ4v) is 4.08. The normalized spacial score (nSPS) is 18.4. The Hall–Kier alpha value is -1.27. The van der Waals surface area contributed by atoms with Crippen LogP contribution in [0.4, 0.5) is 0 Å². The molecule has 1 aromatic rings. The number of carboxylic acid groups (broad SMARTS) is 1. The fourth-order valence-electron chi connectivity index (χ4n) is 2.12. The SMILES string of the molecule is CC1(C)CN(C(=O)c2sccc2/C=C/C(=O)O)CCS1. The number of aliphatic carboxylic acids is 1. The number of rotatable bonds is 3. The Kier molecular flexibility index (Phi) is 4.55. The van der Waals surface area contributed by atoms with Gasteiger partial charge in [0, 0.05) is 29.7 Å². The third-order valence-corrected chi connectivity index (χ3v) is 5.22. The van der Waals surface area contributed by atoms with Gasteiger partial charge in [-0.1, -0.05) is 0 Å². The molecule has 1 saturated heterocycles. The lowest BCUT2D eigenvalue weighted by Gasteiger charge is -2.37. The van der Waals surface area contributed by atoms with Crippen LogP contribution in [0.5, 0.6) is 0 Å². The molecule has 2 heterocycles. The second-order valence-electron chi connectivity index (χ2n) is 5.21. The van der Waals surface area contributed by atoms with E-state index < -0.39 is 5.97 Å². The van der Waals surface area contributed by atoms with E-state index >= 15 is 0 Å². The third-order valence-electron chi connectivity index (χ3n) is 3.01. The minimum Gasteiger partial charge on any atom is -0.478 e. The van der Waals surface area contributed by atoms with Crippen LogP contribution in [0.1, 0.15) is 29.1 Å². The van der Waals surface area contributed by atoms with Crippen LogP contribution in [0, 0.1) is 0 Å². The Balaban J connectivity index is 2.17. The quantitative estimate of drug-likeness (QED) is 0.872. The maximum Gasteiger partial charge on any atom is 0.328 e. The minimum atomic E-state index is -1.01. The predicted octanol–water partition coefficient (Wildman–Crippen LogP) is 2.81. The van der Waals surface area contributed by atoms with E-state index in [0.29, 0.717) is 10.4 Å². The van der Waals surface area contributed by atoms with Crippen LogP contribution in [0.25, 0.3) is 6.08 Å². The number of hydrogen-bond donors (Lipinski definition) is 1. The second-order valence-corrected chi connectivity index (χ2v) is 7.93. The average Bonchev–Trinajstić information content (AvgIpc) is 2.82. The van der Waals surface area contributed by atoms with Gasteiger partial charge in [-0.2, -0.15) is 11.8 Å². The molecular weight excluding hydrogens is 294 g/mol. The Morgan fingerprint density at radius 3 is 2.85 bits per heavy atom. The van der Waals surface area contributed by atoms with Crippen molar-refractivity contribution in [3.05, 3.63) is 28.0 Å².